The predicted octanol–water partition coefficient (Wildman–Crippen LogP) is 2.18. The third-order valence-corrected chi connectivity index (χ3v) is 5.83. The van der Waals surface area contributed by atoms with Crippen LogP contribution >= 0.6 is 0 Å². The van der Waals surface area contributed by atoms with Crippen LogP contribution in [0.2, 0.25) is 0 Å². The quantitative estimate of drug-likeness (QED) is 0.424. The van der Waals surface area contributed by atoms with E-state index < -0.39 is 17.7 Å². The fraction of sp³-hybridized carbons (Fsp3) is 0.318. The lowest BCUT2D eigenvalue weighted by atomic mass is 10.1. The first-order valence-corrected chi connectivity index (χ1v) is 11.1. The van der Waals surface area contributed by atoms with E-state index in [2.05, 4.69) is 25.4 Å². The van der Waals surface area contributed by atoms with E-state index >= 15 is 0 Å². The fourth-order valence-electron chi connectivity index (χ4n) is 4.00. The Labute approximate surface area is 198 Å². The summed E-state index contributed by atoms with van der Waals surface area (Å²) in [5.41, 5.74) is 6.36. The minimum absolute atomic E-state index is 0.0556. The number of fused-ring (bicyclic) bond motifs is 1. The highest BCUT2D eigenvalue weighted by atomic mass is 19.1. The predicted molar refractivity (Wildman–Crippen MR) is 124 cm³/mol. The van der Waals surface area contributed by atoms with Gasteiger partial charge in [0.25, 0.3) is 5.78 Å². The minimum Gasteiger partial charge on any atom is -0.461 e. The number of furan rings is 1. The van der Waals surface area contributed by atoms with Gasteiger partial charge in [-0.25, -0.2) is 8.78 Å². The molecule has 3 N–H and O–H groups in total. The molecule has 1 atom stereocenters. The Balaban J connectivity index is 1.27. The third kappa shape index (κ3) is 4.44. The van der Waals surface area contributed by atoms with Crippen LogP contribution in [0.15, 0.2) is 41.0 Å². The second-order valence-corrected chi connectivity index (χ2v) is 8.04. The molecule has 1 amide bonds. The van der Waals surface area contributed by atoms with Crippen molar-refractivity contribution in [1.29, 1.82) is 0 Å². The number of hydrogen-bond donors (Lipinski definition) is 2. The van der Waals surface area contributed by atoms with Gasteiger partial charge in [0.05, 0.1) is 12.0 Å². The molecule has 13 heteroatoms. The van der Waals surface area contributed by atoms with Crippen LogP contribution in [0.3, 0.4) is 0 Å². The maximum Gasteiger partial charge on any atom is 0.259 e. The van der Waals surface area contributed by atoms with E-state index in [1.54, 1.807) is 21.9 Å². The van der Waals surface area contributed by atoms with Crippen molar-refractivity contribution >= 4 is 29.3 Å². The van der Waals surface area contributed by atoms with Crippen molar-refractivity contribution in [1.82, 2.24) is 29.5 Å². The van der Waals surface area contributed by atoms with Gasteiger partial charge in [0, 0.05) is 32.2 Å². The van der Waals surface area contributed by atoms with Crippen LogP contribution < -0.4 is 16.0 Å². The number of rotatable bonds is 6. The lowest BCUT2D eigenvalue weighted by Crippen LogP contribution is -2.53. The van der Waals surface area contributed by atoms with Crippen molar-refractivity contribution in [2.45, 2.75) is 19.4 Å². The van der Waals surface area contributed by atoms with Crippen LogP contribution in [0.1, 0.15) is 13.3 Å². The number of nitrogens with zero attached hydrogens (tertiary/aromatic N) is 7. The molecule has 0 unspecified atom stereocenters. The topological polar surface area (TPSA) is 131 Å². The van der Waals surface area contributed by atoms with E-state index in [0.717, 1.165) is 6.07 Å². The van der Waals surface area contributed by atoms with Crippen molar-refractivity contribution in [3.05, 3.63) is 48.2 Å². The third-order valence-electron chi connectivity index (χ3n) is 5.83. The largest absolute Gasteiger partial charge is 0.461 e. The Morgan fingerprint density at radius 3 is 2.66 bits per heavy atom. The Bertz CT molecular complexity index is 1350. The number of nitrogen functional groups attached to an aromatic ring is 1. The number of piperazine rings is 1. The van der Waals surface area contributed by atoms with E-state index in [1.807, 2.05) is 6.92 Å². The minimum atomic E-state index is -0.624. The summed E-state index contributed by atoms with van der Waals surface area (Å²) in [4.78, 5) is 29.6. The molecule has 0 radical (unpaired) electrons. The standard InChI is InChI=1S/C22H23F2N9O2/c1-2-15(19(34)32-9-7-31(8-10-32)16-6-5-13(23)12-14(16)24)26-21-28-20(25)33-22(29-21)27-18(30-33)17-4-3-11-35-17/h3-6,11-12,15H,2,7-10H2,1H3,(H3,25,26,27,28,29,30)/t15-/m0/s1. The van der Waals surface area contributed by atoms with Gasteiger partial charge in [-0.05, 0) is 30.7 Å². The first-order chi connectivity index (χ1) is 16.9. The van der Waals surface area contributed by atoms with Gasteiger partial charge in [-0.15, -0.1) is 5.10 Å². The number of halogens is 2. The molecule has 0 aliphatic carbocycles. The molecule has 3 aromatic heterocycles. The van der Waals surface area contributed by atoms with Crippen LogP contribution in [0.5, 0.6) is 0 Å². The average Bonchev–Trinajstić information content (AvgIpc) is 3.53. The first-order valence-electron chi connectivity index (χ1n) is 11.1. The Morgan fingerprint density at radius 1 is 1.17 bits per heavy atom. The average molecular weight is 483 g/mol. The van der Waals surface area contributed by atoms with E-state index in [4.69, 9.17) is 10.2 Å². The van der Waals surface area contributed by atoms with E-state index in [1.165, 1.54) is 22.9 Å². The summed E-state index contributed by atoms with van der Waals surface area (Å²) in [7, 11) is 0. The number of anilines is 3. The van der Waals surface area contributed by atoms with E-state index in [-0.39, 0.29) is 23.6 Å². The Hall–Kier alpha value is -4.29. The number of aromatic nitrogens is 5. The molecular weight excluding hydrogens is 460 g/mol. The van der Waals surface area contributed by atoms with E-state index in [9.17, 15) is 13.6 Å². The summed E-state index contributed by atoms with van der Waals surface area (Å²) < 4.78 is 33.9. The summed E-state index contributed by atoms with van der Waals surface area (Å²) in [6, 6.07) is 6.34. The monoisotopic (exact) mass is 483 g/mol. The highest BCUT2D eigenvalue weighted by molar-refractivity contribution is 5.84. The van der Waals surface area contributed by atoms with Gasteiger partial charge in [-0.1, -0.05) is 6.92 Å². The molecule has 0 bridgehead atoms. The maximum absolute atomic E-state index is 14.1. The van der Waals surface area contributed by atoms with Gasteiger partial charge >= 0.3 is 0 Å². The molecule has 4 aromatic rings. The molecule has 1 saturated heterocycles. The lowest BCUT2D eigenvalue weighted by molar-refractivity contribution is -0.132. The Morgan fingerprint density at radius 2 is 1.97 bits per heavy atom. The van der Waals surface area contributed by atoms with Crippen molar-refractivity contribution in [2.75, 3.05) is 42.1 Å². The number of hydrogen-bond acceptors (Lipinski definition) is 9. The lowest BCUT2D eigenvalue weighted by Gasteiger charge is -2.37. The summed E-state index contributed by atoms with van der Waals surface area (Å²) >= 11 is 0. The molecule has 4 heterocycles. The number of carbonyl (C=O) groups is 1. The number of benzene rings is 1. The molecule has 11 nitrogen and oxygen atoms in total. The van der Waals surface area contributed by atoms with Gasteiger partial charge < -0.3 is 25.3 Å². The van der Waals surface area contributed by atoms with Gasteiger partial charge in [0.15, 0.2) is 5.76 Å². The van der Waals surface area contributed by atoms with Gasteiger partial charge in [-0.3, -0.25) is 4.79 Å². The molecule has 5 rings (SSSR count). The molecule has 35 heavy (non-hydrogen) atoms. The van der Waals surface area contributed by atoms with Crippen molar-refractivity contribution in [3.8, 4) is 11.6 Å². The molecule has 1 aliphatic rings. The van der Waals surface area contributed by atoms with Gasteiger partial charge in [0.2, 0.25) is 23.6 Å². The van der Waals surface area contributed by atoms with Crippen LogP contribution in [0.4, 0.5) is 26.4 Å². The van der Waals surface area contributed by atoms with Crippen molar-refractivity contribution in [2.24, 2.45) is 0 Å². The Kier molecular flexibility index (Phi) is 5.89. The zero-order chi connectivity index (χ0) is 24.5. The van der Waals surface area contributed by atoms with Crippen LogP contribution in [0, 0.1) is 11.6 Å². The molecule has 0 spiro atoms. The van der Waals surface area contributed by atoms with Crippen molar-refractivity contribution in [3.63, 3.8) is 0 Å². The number of nitrogens with two attached hydrogens (primary N) is 1. The zero-order valence-corrected chi connectivity index (χ0v) is 18.9. The van der Waals surface area contributed by atoms with Gasteiger partial charge in [0.1, 0.15) is 17.7 Å². The number of amides is 1. The highest BCUT2D eigenvalue weighted by Crippen LogP contribution is 2.22. The summed E-state index contributed by atoms with van der Waals surface area (Å²) in [5.74, 6) is -0.179. The zero-order valence-electron chi connectivity index (χ0n) is 18.9. The molecule has 1 aliphatic heterocycles. The summed E-state index contributed by atoms with van der Waals surface area (Å²) in [6.07, 6.45) is 1.99. The normalized spacial score (nSPS) is 14.9. The first kappa shape index (κ1) is 22.5. The summed E-state index contributed by atoms with van der Waals surface area (Å²) in [5, 5.41) is 7.30. The molecule has 1 aromatic carbocycles. The highest BCUT2D eigenvalue weighted by Gasteiger charge is 2.28. The summed E-state index contributed by atoms with van der Waals surface area (Å²) in [6.45, 7) is 3.51. The van der Waals surface area contributed by atoms with Crippen molar-refractivity contribution < 1.29 is 18.0 Å². The van der Waals surface area contributed by atoms with Crippen LogP contribution in [-0.2, 0) is 4.79 Å². The van der Waals surface area contributed by atoms with E-state index in [0.29, 0.717) is 49.9 Å². The molecule has 182 valence electrons. The SMILES string of the molecule is CC[C@H](Nc1nc(N)n2nc(-c3ccco3)nc2n1)C(=O)N1CCN(c2ccc(F)cc2F)CC1. The smallest absolute Gasteiger partial charge is 0.259 e. The van der Waals surface area contributed by atoms with Crippen LogP contribution in [-0.4, -0.2) is 67.6 Å². The van der Waals surface area contributed by atoms with Crippen LogP contribution in [0.25, 0.3) is 17.4 Å². The molecular formula is C22H23F2N9O2. The number of carbonyl (C=O) groups excluding carboxylic acids is 1. The van der Waals surface area contributed by atoms with Gasteiger partial charge in [-0.2, -0.15) is 19.5 Å². The number of nitrogens with one attached hydrogen (secondary N) is 1. The molecule has 1 fully saturated rings. The fourth-order valence-corrected chi connectivity index (χ4v) is 4.00. The molecule has 0 saturated carbocycles. The second-order valence-electron chi connectivity index (χ2n) is 8.04. The maximum atomic E-state index is 14.1. The second kappa shape index (κ2) is 9.16.